The fraction of sp³-hybridized carbons (Fsp3) is 0.389. The zero-order chi connectivity index (χ0) is 20.3. The summed E-state index contributed by atoms with van der Waals surface area (Å²) in [6.45, 7) is 0.447. The van der Waals surface area contributed by atoms with Crippen LogP contribution >= 0.6 is 0 Å². The van der Waals surface area contributed by atoms with Gasteiger partial charge in [0.2, 0.25) is 0 Å². The molecule has 1 aromatic heterocycles. The summed E-state index contributed by atoms with van der Waals surface area (Å²) in [6.07, 6.45) is -1.89. The topological polar surface area (TPSA) is 130 Å². The molecule has 3 rings (SSSR count). The predicted octanol–water partition coefficient (Wildman–Crippen LogP) is 1.91. The van der Waals surface area contributed by atoms with Crippen molar-refractivity contribution >= 4 is 23.2 Å². The first-order valence-corrected chi connectivity index (χ1v) is 8.61. The molecule has 0 aliphatic carbocycles. The Labute approximate surface area is 159 Å². The van der Waals surface area contributed by atoms with E-state index in [1.807, 2.05) is 0 Å². The van der Waals surface area contributed by atoms with Gasteiger partial charge in [0.15, 0.2) is 11.5 Å². The molecule has 1 fully saturated rings. The van der Waals surface area contributed by atoms with Crippen LogP contribution in [-0.2, 0) is 0 Å². The molecule has 10 heteroatoms. The van der Waals surface area contributed by atoms with Crippen LogP contribution in [0.25, 0.3) is 11.0 Å². The van der Waals surface area contributed by atoms with Crippen molar-refractivity contribution in [2.24, 2.45) is 0 Å². The summed E-state index contributed by atoms with van der Waals surface area (Å²) in [6, 6.07) is 5.60. The van der Waals surface area contributed by atoms with E-state index in [-0.39, 0.29) is 32.7 Å². The van der Waals surface area contributed by atoms with Crippen LogP contribution in [-0.4, -0.2) is 71.6 Å². The molecule has 0 radical (unpaired) electrons. The fourth-order valence-electron chi connectivity index (χ4n) is 3.18. The molecule has 2 N–H and O–H groups in total. The fourth-order valence-corrected chi connectivity index (χ4v) is 3.18. The van der Waals surface area contributed by atoms with E-state index in [2.05, 4.69) is 0 Å². The monoisotopic (exact) mass is 392 g/mol. The van der Waals surface area contributed by atoms with E-state index in [1.54, 1.807) is 12.1 Å². The number of rotatable bonds is 5. The third-order valence-electron chi connectivity index (χ3n) is 4.61. The highest BCUT2D eigenvalue weighted by molar-refractivity contribution is 5.80. The van der Waals surface area contributed by atoms with Crippen molar-refractivity contribution in [1.82, 2.24) is 9.80 Å². The third kappa shape index (κ3) is 4.11. The van der Waals surface area contributed by atoms with Gasteiger partial charge in [-0.2, -0.15) is 0 Å². The van der Waals surface area contributed by atoms with Crippen molar-refractivity contribution in [2.75, 3.05) is 33.4 Å². The van der Waals surface area contributed by atoms with Crippen molar-refractivity contribution in [3.8, 4) is 11.5 Å². The lowest BCUT2D eigenvalue weighted by atomic mass is 10.1. The van der Waals surface area contributed by atoms with Crippen LogP contribution in [0.4, 0.5) is 9.59 Å². The first-order chi connectivity index (χ1) is 13.4. The summed E-state index contributed by atoms with van der Waals surface area (Å²) in [7, 11) is 1.48. The van der Waals surface area contributed by atoms with Crippen molar-refractivity contribution in [3.63, 3.8) is 0 Å². The highest BCUT2D eigenvalue weighted by atomic mass is 16.5. The van der Waals surface area contributed by atoms with Gasteiger partial charge < -0.3 is 33.9 Å². The molecule has 2 amide bonds. The van der Waals surface area contributed by atoms with Crippen LogP contribution in [0.5, 0.6) is 11.5 Å². The Balaban J connectivity index is 1.72. The number of benzene rings is 1. The quantitative estimate of drug-likeness (QED) is 0.738. The number of amides is 2. The minimum atomic E-state index is -1.10. The Morgan fingerprint density at radius 3 is 2.64 bits per heavy atom. The number of methoxy groups -OCH3 is 1. The molecular formula is C18H20N2O8. The Hall–Kier alpha value is -3.43. The van der Waals surface area contributed by atoms with Gasteiger partial charge >= 0.3 is 17.8 Å². The van der Waals surface area contributed by atoms with Crippen molar-refractivity contribution in [1.29, 1.82) is 0 Å². The van der Waals surface area contributed by atoms with E-state index in [9.17, 15) is 19.5 Å². The van der Waals surface area contributed by atoms with Crippen LogP contribution in [0, 0.1) is 0 Å². The van der Waals surface area contributed by atoms with E-state index in [1.165, 1.54) is 29.0 Å². The van der Waals surface area contributed by atoms with Gasteiger partial charge in [-0.1, -0.05) is 0 Å². The number of hydrogen-bond acceptors (Lipinski definition) is 6. The summed E-state index contributed by atoms with van der Waals surface area (Å²) in [4.78, 5) is 36.4. The Bertz CT molecular complexity index is 941. The number of fused-ring (bicyclic) bond motifs is 1. The maximum absolute atomic E-state index is 11.4. The average molecular weight is 392 g/mol. The molecule has 150 valence electrons. The van der Waals surface area contributed by atoms with Gasteiger partial charge in [-0.25, -0.2) is 14.4 Å². The van der Waals surface area contributed by atoms with Gasteiger partial charge in [0, 0.05) is 43.6 Å². The molecule has 28 heavy (non-hydrogen) atoms. The molecule has 1 saturated heterocycles. The van der Waals surface area contributed by atoms with Gasteiger partial charge in [-0.05, 0) is 12.1 Å². The molecule has 1 atom stereocenters. The molecule has 2 aromatic rings. The molecule has 1 aromatic carbocycles. The molecule has 0 saturated carbocycles. The van der Waals surface area contributed by atoms with E-state index >= 15 is 0 Å². The second-order valence-electron chi connectivity index (χ2n) is 6.29. The predicted molar refractivity (Wildman–Crippen MR) is 97.3 cm³/mol. The Morgan fingerprint density at radius 1 is 1.18 bits per heavy atom. The Kier molecular flexibility index (Phi) is 5.57. The van der Waals surface area contributed by atoms with Crippen molar-refractivity contribution in [2.45, 2.75) is 12.5 Å². The summed E-state index contributed by atoms with van der Waals surface area (Å²) in [5.41, 5.74) is -0.151. The van der Waals surface area contributed by atoms with Crippen LogP contribution in [0.3, 0.4) is 0 Å². The van der Waals surface area contributed by atoms with Gasteiger partial charge in [0.25, 0.3) is 0 Å². The van der Waals surface area contributed by atoms with E-state index in [4.69, 9.17) is 19.0 Å². The standard InChI is InChI=1S/C18H20N2O8/c1-26-14-8-11-2-3-16(21)28-13(11)9-15(14)27-7-4-12-10-19(17(22)23)5-6-20(12)18(24)25/h2-3,8-9,12H,4-7,10H2,1H3,(H,22,23)(H,24,25)/t12-/m1/s1. The van der Waals surface area contributed by atoms with Crippen molar-refractivity contribution < 1.29 is 33.7 Å². The van der Waals surface area contributed by atoms with Crippen LogP contribution in [0.1, 0.15) is 6.42 Å². The molecule has 10 nitrogen and oxygen atoms in total. The Morgan fingerprint density at radius 2 is 1.96 bits per heavy atom. The van der Waals surface area contributed by atoms with Gasteiger partial charge in [-0.15, -0.1) is 0 Å². The highest BCUT2D eigenvalue weighted by Crippen LogP contribution is 2.32. The zero-order valence-corrected chi connectivity index (χ0v) is 15.2. The maximum atomic E-state index is 11.4. The molecule has 1 aliphatic rings. The van der Waals surface area contributed by atoms with E-state index in [0.717, 1.165) is 0 Å². The number of carbonyl (C=O) groups is 2. The van der Waals surface area contributed by atoms with Gasteiger partial charge in [0.05, 0.1) is 19.8 Å². The normalized spacial score (nSPS) is 16.8. The number of nitrogens with zero attached hydrogens (tertiary/aromatic N) is 2. The highest BCUT2D eigenvalue weighted by Gasteiger charge is 2.32. The van der Waals surface area contributed by atoms with Crippen molar-refractivity contribution in [3.05, 3.63) is 34.7 Å². The minimum absolute atomic E-state index is 0.0781. The number of ether oxygens (including phenoxy) is 2. The minimum Gasteiger partial charge on any atom is -0.493 e. The second-order valence-corrected chi connectivity index (χ2v) is 6.29. The van der Waals surface area contributed by atoms with Gasteiger partial charge in [-0.3, -0.25) is 0 Å². The first-order valence-electron chi connectivity index (χ1n) is 8.61. The molecule has 0 spiro atoms. The number of hydrogen-bond donors (Lipinski definition) is 2. The lowest BCUT2D eigenvalue weighted by molar-refractivity contribution is 0.0561. The lowest BCUT2D eigenvalue weighted by Gasteiger charge is -2.38. The summed E-state index contributed by atoms with van der Waals surface area (Å²) in [5.74, 6) is 0.782. The molecule has 0 unspecified atom stereocenters. The molecule has 1 aliphatic heterocycles. The van der Waals surface area contributed by atoms with E-state index < -0.39 is 23.9 Å². The zero-order valence-electron chi connectivity index (χ0n) is 15.2. The smallest absolute Gasteiger partial charge is 0.407 e. The number of piperazine rings is 1. The van der Waals surface area contributed by atoms with Crippen LogP contribution < -0.4 is 15.1 Å². The molecular weight excluding hydrogens is 372 g/mol. The third-order valence-corrected chi connectivity index (χ3v) is 4.61. The summed E-state index contributed by atoms with van der Waals surface area (Å²) in [5, 5.41) is 19.2. The largest absolute Gasteiger partial charge is 0.493 e. The maximum Gasteiger partial charge on any atom is 0.407 e. The molecule has 2 heterocycles. The summed E-state index contributed by atoms with van der Waals surface area (Å²) < 4.78 is 16.2. The lowest BCUT2D eigenvalue weighted by Crippen LogP contribution is -2.56. The van der Waals surface area contributed by atoms with E-state index in [0.29, 0.717) is 22.5 Å². The van der Waals surface area contributed by atoms with Crippen LogP contribution in [0.2, 0.25) is 0 Å². The number of carboxylic acid groups (broad SMARTS) is 2. The SMILES string of the molecule is COc1cc2ccc(=O)oc2cc1OCC[C@@H]1CN(C(=O)O)CCN1C(=O)O. The van der Waals surface area contributed by atoms with Gasteiger partial charge in [0.1, 0.15) is 5.58 Å². The molecule has 0 bridgehead atoms. The first kappa shape index (κ1) is 19.3. The average Bonchev–Trinajstić information content (AvgIpc) is 2.67. The summed E-state index contributed by atoms with van der Waals surface area (Å²) >= 11 is 0. The van der Waals surface area contributed by atoms with Crippen LogP contribution in [0.15, 0.2) is 33.5 Å². The second kappa shape index (κ2) is 8.07.